The second-order valence-electron chi connectivity index (χ2n) is 7.31. The van der Waals surface area contributed by atoms with Gasteiger partial charge in [0.25, 0.3) is 5.56 Å². The molecule has 0 aliphatic carbocycles. The maximum Gasteiger partial charge on any atom is 0.261 e. The molecule has 0 amide bonds. The van der Waals surface area contributed by atoms with Crippen molar-refractivity contribution in [3.8, 4) is 0 Å². The quantitative estimate of drug-likeness (QED) is 0.688. The van der Waals surface area contributed by atoms with Crippen LogP contribution in [0.5, 0.6) is 0 Å². The molecule has 4 rings (SSSR count). The van der Waals surface area contributed by atoms with Gasteiger partial charge < -0.3 is 0 Å². The summed E-state index contributed by atoms with van der Waals surface area (Å²) in [4.78, 5) is 24.2. The Morgan fingerprint density at radius 2 is 2.00 bits per heavy atom. The molecule has 7 heteroatoms. The standard InChI is InChI=1S/C20H23FN4OS/c1-13-22-19-9-16(21)3-4-18(19)20(26)25(13)10-15-5-7-24(8-6-15)11-17-12-27-14(2)23-17/h3-4,9,12,15H,5-8,10-11H2,1-2H3. The Hall–Kier alpha value is -2.12. The third-order valence-electron chi connectivity index (χ3n) is 5.31. The number of piperidine rings is 1. The molecule has 0 saturated carbocycles. The molecule has 0 bridgehead atoms. The van der Waals surface area contributed by atoms with E-state index in [-0.39, 0.29) is 11.4 Å². The predicted molar refractivity (Wildman–Crippen MR) is 106 cm³/mol. The van der Waals surface area contributed by atoms with E-state index in [0.29, 0.717) is 29.2 Å². The summed E-state index contributed by atoms with van der Waals surface area (Å²) >= 11 is 1.69. The second-order valence-corrected chi connectivity index (χ2v) is 8.38. The summed E-state index contributed by atoms with van der Waals surface area (Å²) in [6, 6.07) is 4.19. The lowest BCUT2D eigenvalue weighted by molar-refractivity contribution is 0.164. The number of hydrogen-bond donors (Lipinski definition) is 0. The average Bonchev–Trinajstić information content (AvgIpc) is 3.04. The molecule has 2 aromatic heterocycles. The fourth-order valence-electron chi connectivity index (χ4n) is 3.82. The van der Waals surface area contributed by atoms with E-state index in [0.717, 1.165) is 43.2 Å². The predicted octanol–water partition coefficient (Wildman–Crippen LogP) is 3.52. The van der Waals surface area contributed by atoms with Crippen molar-refractivity contribution < 1.29 is 4.39 Å². The molecule has 1 fully saturated rings. The molecule has 1 aliphatic rings. The van der Waals surface area contributed by atoms with Crippen LogP contribution in [0.15, 0.2) is 28.4 Å². The summed E-state index contributed by atoms with van der Waals surface area (Å²) in [6.07, 6.45) is 2.10. The number of halogens is 1. The molecule has 1 saturated heterocycles. The summed E-state index contributed by atoms with van der Waals surface area (Å²) in [6.45, 7) is 7.47. The number of nitrogens with zero attached hydrogens (tertiary/aromatic N) is 4. The number of rotatable bonds is 4. The fraction of sp³-hybridized carbons (Fsp3) is 0.450. The smallest absolute Gasteiger partial charge is 0.261 e. The van der Waals surface area contributed by atoms with Crippen molar-refractivity contribution in [3.05, 3.63) is 56.3 Å². The van der Waals surface area contributed by atoms with Crippen molar-refractivity contribution in [3.63, 3.8) is 0 Å². The van der Waals surface area contributed by atoms with Crippen LogP contribution in [0, 0.1) is 25.6 Å². The van der Waals surface area contributed by atoms with E-state index in [2.05, 4.69) is 20.2 Å². The molecule has 1 aliphatic heterocycles. The van der Waals surface area contributed by atoms with Gasteiger partial charge in [-0.15, -0.1) is 11.3 Å². The van der Waals surface area contributed by atoms with Crippen LogP contribution in [0.2, 0.25) is 0 Å². The van der Waals surface area contributed by atoms with Crippen LogP contribution in [-0.2, 0) is 13.1 Å². The summed E-state index contributed by atoms with van der Waals surface area (Å²) in [5, 5.41) is 3.73. The second kappa shape index (κ2) is 7.48. The van der Waals surface area contributed by atoms with Crippen LogP contribution < -0.4 is 5.56 Å². The third kappa shape index (κ3) is 3.94. The Morgan fingerprint density at radius 1 is 1.22 bits per heavy atom. The number of hydrogen-bond acceptors (Lipinski definition) is 5. The van der Waals surface area contributed by atoms with Crippen molar-refractivity contribution in [2.75, 3.05) is 13.1 Å². The number of aryl methyl sites for hydroxylation is 2. The van der Waals surface area contributed by atoms with Crippen molar-refractivity contribution in [1.82, 2.24) is 19.4 Å². The van der Waals surface area contributed by atoms with Crippen molar-refractivity contribution in [2.24, 2.45) is 5.92 Å². The molecule has 3 heterocycles. The Morgan fingerprint density at radius 3 is 2.70 bits per heavy atom. The number of fused-ring (bicyclic) bond motifs is 1. The maximum atomic E-state index is 13.4. The molecule has 27 heavy (non-hydrogen) atoms. The first-order valence-corrected chi connectivity index (χ1v) is 10.2. The van der Waals surface area contributed by atoms with Gasteiger partial charge in [0.05, 0.1) is 21.6 Å². The van der Waals surface area contributed by atoms with Gasteiger partial charge in [-0.1, -0.05) is 0 Å². The first-order chi connectivity index (χ1) is 13.0. The third-order valence-corrected chi connectivity index (χ3v) is 6.13. The molecule has 1 aromatic carbocycles. The van der Waals surface area contributed by atoms with E-state index in [1.807, 2.05) is 13.8 Å². The normalized spacial score (nSPS) is 16.3. The molecular formula is C20H23FN4OS. The SMILES string of the molecule is Cc1nc(CN2CCC(Cn3c(C)nc4cc(F)ccc4c3=O)CC2)cs1. The number of thiazole rings is 1. The zero-order chi connectivity index (χ0) is 19.0. The van der Waals surface area contributed by atoms with E-state index in [4.69, 9.17) is 0 Å². The molecule has 0 atom stereocenters. The van der Waals surface area contributed by atoms with Crippen LogP contribution in [0.1, 0.15) is 29.4 Å². The average molecular weight is 386 g/mol. The molecule has 0 radical (unpaired) electrons. The molecule has 0 N–H and O–H groups in total. The summed E-state index contributed by atoms with van der Waals surface area (Å²) < 4.78 is 15.2. The van der Waals surface area contributed by atoms with E-state index in [1.165, 1.54) is 18.2 Å². The van der Waals surface area contributed by atoms with Crippen LogP contribution in [0.4, 0.5) is 4.39 Å². The molecule has 0 spiro atoms. The highest BCUT2D eigenvalue weighted by Gasteiger charge is 2.21. The summed E-state index contributed by atoms with van der Waals surface area (Å²) in [7, 11) is 0. The van der Waals surface area contributed by atoms with Crippen LogP contribution in [0.3, 0.4) is 0 Å². The zero-order valence-corrected chi connectivity index (χ0v) is 16.4. The van der Waals surface area contributed by atoms with Gasteiger partial charge in [-0.2, -0.15) is 0 Å². The Balaban J connectivity index is 1.44. The van der Waals surface area contributed by atoms with E-state index < -0.39 is 0 Å². The first kappa shape index (κ1) is 18.3. The highest BCUT2D eigenvalue weighted by molar-refractivity contribution is 7.09. The Bertz CT molecular complexity index is 1020. The lowest BCUT2D eigenvalue weighted by atomic mass is 9.96. The van der Waals surface area contributed by atoms with E-state index in [1.54, 1.807) is 15.9 Å². The minimum absolute atomic E-state index is 0.0714. The number of aromatic nitrogens is 3. The molecular weight excluding hydrogens is 363 g/mol. The number of benzene rings is 1. The van der Waals surface area contributed by atoms with Gasteiger partial charge in [0, 0.05) is 24.5 Å². The van der Waals surface area contributed by atoms with Crippen LogP contribution in [0.25, 0.3) is 10.9 Å². The van der Waals surface area contributed by atoms with Crippen LogP contribution >= 0.6 is 11.3 Å². The first-order valence-electron chi connectivity index (χ1n) is 9.29. The maximum absolute atomic E-state index is 13.4. The van der Waals surface area contributed by atoms with Crippen molar-refractivity contribution in [1.29, 1.82) is 0 Å². The fourth-order valence-corrected chi connectivity index (χ4v) is 4.42. The highest BCUT2D eigenvalue weighted by atomic mass is 32.1. The highest BCUT2D eigenvalue weighted by Crippen LogP contribution is 2.22. The van der Waals surface area contributed by atoms with E-state index in [9.17, 15) is 9.18 Å². The minimum atomic E-state index is -0.366. The lowest BCUT2D eigenvalue weighted by Gasteiger charge is -2.32. The van der Waals surface area contributed by atoms with Gasteiger partial charge in [-0.3, -0.25) is 14.3 Å². The van der Waals surface area contributed by atoms with Crippen molar-refractivity contribution >= 4 is 22.2 Å². The van der Waals surface area contributed by atoms with Gasteiger partial charge >= 0.3 is 0 Å². The summed E-state index contributed by atoms with van der Waals surface area (Å²) in [5.74, 6) is 0.738. The Labute approximate surface area is 161 Å². The van der Waals surface area contributed by atoms with Gasteiger partial charge in [-0.25, -0.2) is 14.4 Å². The van der Waals surface area contributed by atoms with Crippen molar-refractivity contribution in [2.45, 2.75) is 39.8 Å². The minimum Gasteiger partial charge on any atom is -0.297 e. The molecule has 5 nitrogen and oxygen atoms in total. The van der Waals surface area contributed by atoms with Gasteiger partial charge in [0.15, 0.2) is 0 Å². The zero-order valence-electron chi connectivity index (χ0n) is 15.6. The number of likely N-dealkylation sites (tertiary alicyclic amines) is 1. The van der Waals surface area contributed by atoms with Gasteiger partial charge in [0.2, 0.25) is 0 Å². The van der Waals surface area contributed by atoms with Gasteiger partial charge in [-0.05, 0) is 57.8 Å². The largest absolute Gasteiger partial charge is 0.297 e. The van der Waals surface area contributed by atoms with Gasteiger partial charge in [0.1, 0.15) is 11.6 Å². The van der Waals surface area contributed by atoms with Crippen LogP contribution in [-0.4, -0.2) is 32.5 Å². The Kier molecular flexibility index (Phi) is 5.06. The topological polar surface area (TPSA) is 51.0 Å². The monoisotopic (exact) mass is 386 g/mol. The molecule has 142 valence electrons. The van der Waals surface area contributed by atoms with E-state index >= 15 is 0 Å². The lowest BCUT2D eigenvalue weighted by Crippen LogP contribution is -2.36. The summed E-state index contributed by atoms with van der Waals surface area (Å²) in [5.41, 5.74) is 1.51. The molecule has 0 unspecified atom stereocenters. The molecule has 3 aromatic rings.